The van der Waals surface area contributed by atoms with Gasteiger partial charge in [-0.2, -0.15) is 0 Å². The van der Waals surface area contributed by atoms with Crippen LogP contribution in [0.3, 0.4) is 0 Å². The topological polar surface area (TPSA) is 80.9 Å². The quantitative estimate of drug-likeness (QED) is 0.833. The van der Waals surface area contributed by atoms with Crippen LogP contribution in [0.4, 0.5) is 5.69 Å². The van der Waals surface area contributed by atoms with E-state index in [-0.39, 0.29) is 5.91 Å². The van der Waals surface area contributed by atoms with Crippen LogP contribution in [0.2, 0.25) is 5.15 Å². The number of anilines is 1. The molecule has 0 saturated carbocycles. The molecule has 7 heteroatoms. The molecular formula is C10H9ClN4OS. The molecule has 0 aliphatic heterocycles. The maximum atomic E-state index is 11.8. The number of hydrogen-bond acceptors (Lipinski definition) is 5. The second-order valence-electron chi connectivity index (χ2n) is 3.15. The van der Waals surface area contributed by atoms with Gasteiger partial charge < -0.3 is 11.1 Å². The molecule has 2 rings (SSSR count). The summed E-state index contributed by atoms with van der Waals surface area (Å²) in [6.45, 7) is 0.332. The van der Waals surface area contributed by atoms with Crippen LogP contribution < -0.4 is 11.1 Å². The van der Waals surface area contributed by atoms with E-state index < -0.39 is 0 Å². The molecular weight excluding hydrogens is 260 g/mol. The lowest BCUT2D eigenvalue weighted by Gasteiger charge is -2.02. The lowest BCUT2D eigenvalue weighted by atomic mass is 10.3. The number of rotatable bonds is 3. The Morgan fingerprint density at radius 1 is 1.59 bits per heavy atom. The minimum Gasteiger partial charge on any atom is -0.325 e. The molecule has 17 heavy (non-hydrogen) atoms. The summed E-state index contributed by atoms with van der Waals surface area (Å²) in [5, 5.41) is 5.39. The van der Waals surface area contributed by atoms with Gasteiger partial charge in [0.25, 0.3) is 5.91 Å². The Kier molecular flexibility index (Phi) is 3.68. The molecule has 5 nitrogen and oxygen atoms in total. The van der Waals surface area contributed by atoms with Gasteiger partial charge in [0.05, 0.1) is 0 Å². The average Bonchev–Trinajstić information content (AvgIpc) is 2.77. The number of nitrogens with one attached hydrogen (secondary N) is 1. The Morgan fingerprint density at radius 3 is 3.06 bits per heavy atom. The van der Waals surface area contributed by atoms with Crippen molar-refractivity contribution < 1.29 is 4.79 Å². The molecule has 88 valence electrons. The SMILES string of the molecule is NCc1nc(C(=O)Nc2ccnc(Cl)c2)cs1. The van der Waals surface area contributed by atoms with Crippen LogP contribution in [0.5, 0.6) is 0 Å². The van der Waals surface area contributed by atoms with Crippen molar-refractivity contribution in [2.45, 2.75) is 6.54 Å². The number of halogens is 1. The van der Waals surface area contributed by atoms with Gasteiger partial charge in [0, 0.05) is 23.8 Å². The van der Waals surface area contributed by atoms with Gasteiger partial charge in [0.15, 0.2) is 0 Å². The van der Waals surface area contributed by atoms with E-state index in [2.05, 4.69) is 15.3 Å². The van der Waals surface area contributed by atoms with Crippen molar-refractivity contribution in [1.82, 2.24) is 9.97 Å². The molecule has 0 saturated heterocycles. The molecule has 0 bridgehead atoms. The second kappa shape index (κ2) is 5.22. The molecule has 0 spiro atoms. The molecule has 0 unspecified atom stereocenters. The van der Waals surface area contributed by atoms with Crippen molar-refractivity contribution in [2.75, 3.05) is 5.32 Å². The summed E-state index contributed by atoms with van der Waals surface area (Å²) in [7, 11) is 0. The van der Waals surface area contributed by atoms with E-state index in [1.165, 1.54) is 17.5 Å². The summed E-state index contributed by atoms with van der Waals surface area (Å²) in [5.74, 6) is -0.289. The zero-order valence-electron chi connectivity index (χ0n) is 8.68. The standard InChI is InChI=1S/C10H9ClN4OS/c11-8-3-6(1-2-13-8)14-10(16)7-5-17-9(4-12)15-7/h1-3,5H,4,12H2,(H,13,14,16). The van der Waals surface area contributed by atoms with E-state index >= 15 is 0 Å². The molecule has 2 aromatic heterocycles. The fourth-order valence-electron chi connectivity index (χ4n) is 1.18. The molecule has 0 aliphatic rings. The highest BCUT2D eigenvalue weighted by atomic mass is 35.5. The normalized spacial score (nSPS) is 10.2. The zero-order chi connectivity index (χ0) is 12.3. The zero-order valence-corrected chi connectivity index (χ0v) is 10.3. The molecule has 2 heterocycles. The lowest BCUT2D eigenvalue weighted by Crippen LogP contribution is -2.12. The highest BCUT2D eigenvalue weighted by molar-refractivity contribution is 7.09. The third-order valence-electron chi connectivity index (χ3n) is 1.94. The summed E-state index contributed by atoms with van der Waals surface area (Å²) < 4.78 is 0. The van der Waals surface area contributed by atoms with Gasteiger partial charge in [-0.3, -0.25) is 4.79 Å². The van der Waals surface area contributed by atoms with Crippen LogP contribution in [0.25, 0.3) is 0 Å². The van der Waals surface area contributed by atoms with E-state index in [9.17, 15) is 4.79 Å². The lowest BCUT2D eigenvalue weighted by molar-refractivity contribution is 0.102. The van der Waals surface area contributed by atoms with Gasteiger partial charge in [-0.05, 0) is 12.1 Å². The van der Waals surface area contributed by atoms with Gasteiger partial charge in [0.1, 0.15) is 15.9 Å². The largest absolute Gasteiger partial charge is 0.325 e. The maximum Gasteiger partial charge on any atom is 0.275 e. The highest BCUT2D eigenvalue weighted by Gasteiger charge is 2.10. The number of hydrogen-bond donors (Lipinski definition) is 2. The van der Waals surface area contributed by atoms with Crippen molar-refractivity contribution >= 4 is 34.5 Å². The predicted molar refractivity (Wildman–Crippen MR) is 67.2 cm³/mol. The van der Waals surface area contributed by atoms with Crippen molar-refractivity contribution in [3.8, 4) is 0 Å². The number of thiazole rings is 1. The van der Waals surface area contributed by atoms with E-state index in [0.717, 1.165) is 5.01 Å². The Labute approximate surface area is 107 Å². The van der Waals surface area contributed by atoms with Gasteiger partial charge in [-0.25, -0.2) is 9.97 Å². The smallest absolute Gasteiger partial charge is 0.275 e. The molecule has 0 fully saturated rings. The van der Waals surface area contributed by atoms with E-state index in [0.29, 0.717) is 23.1 Å². The number of carbonyl (C=O) groups is 1. The van der Waals surface area contributed by atoms with Crippen LogP contribution in [0.15, 0.2) is 23.7 Å². The van der Waals surface area contributed by atoms with Gasteiger partial charge in [0.2, 0.25) is 0 Å². The molecule has 3 N–H and O–H groups in total. The number of nitrogens with zero attached hydrogens (tertiary/aromatic N) is 2. The number of amides is 1. The highest BCUT2D eigenvalue weighted by Crippen LogP contribution is 2.14. The summed E-state index contributed by atoms with van der Waals surface area (Å²) in [6, 6.07) is 3.22. The van der Waals surface area contributed by atoms with Gasteiger partial charge in [-0.15, -0.1) is 11.3 Å². The predicted octanol–water partition coefficient (Wildman–Crippen LogP) is 1.90. The Morgan fingerprint density at radius 2 is 2.41 bits per heavy atom. The van der Waals surface area contributed by atoms with Crippen molar-refractivity contribution in [3.63, 3.8) is 0 Å². The molecule has 1 amide bonds. The fourth-order valence-corrected chi connectivity index (χ4v) is 2.01. The molecule has 0 radical (unpaired) electrons. The second-order valence-corrected chi connectivity index (χ2v) is 4.48. The molecule has 0 aromatic carbocycles. The monoisotopic (exact) mass is 268 g/mol. The third-order valence-corrected chi connectivity index (χ3v) is 3.02. The Balaban J connectivity index is 2.11. The van der Waals surface area contributed by atoms with Gasteiger partial charge in [-0.1, -0.05) is 11.6 Å². The number of carbonyl (C=O) groups excluding carboxylic acids is 1. The first kappa shape index (κ1) is 12.0. The van der Waals surface area contributed by atoms with E-state index in [1.54, 1.807) is 17.5 Å². The Hall–Kier alpha value is -1.50. The molecule has 0 aliphatic carbocycles. The molecule has 0 atom stereocenters. The molecule has 2 aromatic rings. The van der Waals surface area contributed by atoms with Crippen molar-refractivity contribution in [2.24, 2.45) is 5.73 Å². The first-order chi connectivity index (χ1) is 8.19. The third kappa shape index (κ3) is 3.00. The minimum atomic E-state index is -0.289. The number of nitrogens with two attached hydrogens (primary N) is 1. The number of pyridine rings is 1. The summed E-state index contributed by atoms with van der Waals surface area (Å²) in [6.07, 6.45) is 1.52. The van der Waals surface area contributed by atoms with Crippen LogP contribution in [-0.4, -0.2) is 15.9 Å². The van der Waals surface area contributed by atoms with E-state index in [4.69, 9.17) is 17.3 Å². The van der Waals surface area contributed by atoms with Crippen LogP contribution in [-0.2, 0) is 6.54 Å². The summed E-state index contributed by atoms with van der Waals surface area (Å²) in [5.41, 5.74) is 6.36. The van der Waals surface area contributed by atoms with Crippen molar-refractivity contribution in [3.05, 3.63) is 39.6 Å². The first-order valence-corrected chi connectivity index (χ1v) is 6.02. The van der Waals surface area contributed by atoms with Crippen LogP contribution in [0, 0.1) is 0 Å². The summed E-state index contributed by atoms with van der Waals surface area (Å²) in [4.78, 5) is 19.7. The summed E-state index contributed by atoms with van der Waals surface area (Å²) >= 11 is 7.06. The first-order valence-electron chi connectivity index (χ1n) is 4.76. The Bertz CT molecular complexity index is 543. The minimum absolute atomic E-state index is 0.289. The van der Waals surface area contributed by atoms with Gasteiger partial charge >= 0.3 is 0 Å². The fraction of sp³-hybridized carbons (Fsp3) is 0.100. The maximum absolute atomic E-state index is 11.8. The van der Waals surface area contributed by atoms with Crippen LogP contribution in [0.1, 0.15) is 15.5 Å². The average molecular weight is 269 g/mol. The van der Waals surface area contributed by atoms with Crippen LogP contribution >= 0.6 is 22.9 Å². The number of aromatic nitrogens is 2. The van der Waals surface area contributed by atoms with Crippen molar-refractivity contribution in [1.29, 1.82) is 0 Å². The van der Waals surface area contributed by atoms with E-state index in [1.807, 2.05) is 0 Å².